The van der Waals surface area contributed by atoms with E-state index in [-0.39, 0.29) is 6.54 Å². The second-order valence-electron chi connectivity index (χ2n) is 7.17. The number of urea groups is 1. The van der Waals surface area contributed by atoms with Crippen molar-refractivity contribution in [3.8, 4) is 5.75 Å². The Kier molecular flexibility index (Phi) is 5.87. The Morgan fingerprint density at radius 2 is 1.76 bits per heavy atom. The number of anilines is 1. The van der Waals surface area contributed by atoms with Gasteiger partial charge in [-0.15, -0.1) is 0 Å². The molecule has 7 nitrogen and oxygen atoms in total. The molecule has 2 aromatic carbocycles. The van der Waals surface area contributed by atoms with Gasteiger partial charge in [0.1, 0.15) is 17.8 Å². The van der Waals surface area contributed by atoms with Gasteiger partial charge in [-0.3, -0.25) is 14.5 Å². The SMILES string of the molecule is CCCc1ccc(NC(=O)CN2C(=O)NC(C)(c3ccc(OC)cc3)C2=O)cc1. The molecule has 1 aliphatic rings. The summed E-state index contributed by atoms with van der Waals surface area (Å²) in [6.45, 7) is 3.38. The maximum absolute atomic E-state index is 12.9. The fourth-order valence-corrected chi connectivity index (χ4v) is 3.35. The molecule has 0 aromatic heterocycles. The zero-order valence-electron chi connectivity index (χ0n) is 16.8. The molecule has 1 fully saturated rings. The van der Waals surface area contributed by atoms with Gasteiger partial charge >= 0.3 is 6.03 Å². The van der Waals surface area contributed by atoms with Crippen LogP contribution < -0.4 is 15.4 Å². The van der Waals surface area contributed by atoms with Gasteiger partial charge in [0, 0.05) is 5.69 Å². The lowest BCUT2D eigenvalue weighted by Crippen LogP contribution is -2.42. The highest BCUT2D eigenvalue weighted by atomic mass is 16.5. The van der Waals surface area contributed by atoms with E-state index >= 15 is 0 Å². The summed E-state index contributed by atoms with van der Waals surface area (Å²) in [6.07, 6.45) is 2.02. The summed E-state index contributed by atoms with van der Waals surface area (Å²) in [5, 5.41) is 5.42. The molecule has 3 rings (SSSR count). The fourth-order valence-electron chi connectivity index (χ4n) is 3.35. The summed E-state index contributed by atoms with van der Waals surface area (Å²) in [5.41, 5.74) is 1.20. The third-order valence-corrected chi connectivity index (χ3v) is 5.02. The van der Waals surface area contributed by atoms with Gasteiger partial charge < -0.3 is 15.4 Å². The predicted molar refractivity (Wildman–Crippen MR) is 110 cm³/mol. The number of benzene rings is 2. The van der Waals surface area contributed by atoms with Crippen molar-refractivity contribution in [2.24, 2.45) is 0 Å². The fraction of sp³-hybridized carbons (Fsp3) is 0.318. The van der Waals surface area contributed by atoms with Crippen molar-refractivity contribution in [1.29, 1.82) is 0 Å². The van der Waals surface area contributed by atoms with Crippen LogP contribution in [0.25, 0.3) is 0 Å². The first-order chi connectivity index (χ1) is 13.9. The van der Waals surface area contributed by atoms with Crippen LogP contribution in [0.3, 0.4) is 0 Å². The number of aryl methyl sites for hydroxylation is 1. The van der Waals surface area contributed by atoms with Crippen LogP contribution in [0.1, 0.15) is 31.4 Å². The van der Waals surface area contributed by atoms with Crippen molar-refractivity contribution in [2.45, 2.75) is 32.2 Å². The molecule has 1 heterocycles. The van der Waals surface area contributed by atoms with Crippen LogP contribution in [0.15, 0.2) is 48.5 Å². The topological polar surface area (TPSA) is 87.7 Å². The predicted octanol–water partition coefficient (Wildman–Crippen LogP) is 3.05. The molecule has 152 valence electrons. The molecule has 7 heteroatoms. The van der Waals surface area contributed by atoms with E-state index in [0.29, 0.717) is 17.0 Å². The van der Waals surface area contributed by atoms with Crippen LogP contribution in [0.5, 0.6) is 5.75 Å². The van der Waals surface area contributed by atoms with Crippen LogP contribution in [0.2, 0.25) is 0 Å². The maximum Gasteiger partial charge on any atom is 0.325 e. The number of carbonyl (C=O) groups is 3. The van der Waals surface area contributed by atoms with E-state index in [9.17, 15) is 14.4 Å². The number of carbonyl (C=O) groups excluding carboxylic acids is 3. The molecule has 2 N–H and O–H groups in total. The van der Waals surface area contributed by atoms with Crippen LogP contribution in [-0.4, -0.2) is 36.4 Å². The number of hydrogen-bond acceptors (Lipinski definition) is 4. The lowest BCUT2D eigenvalue weighted by Gasteiger charge is -2.22. The molecule has 1 aliphatic heterocycles. The van der Waals surface area contributed by atoms with Crippen molar-refractivity contribution in [3.05, 3.63) is 59.7 Å². The van der Waals surface area contributed by atoms with Gasteiger partial charge in [-0.1, -0.05) is 37.6 Å². The summed E-state index contributed by atoms with van der Waals surface area (Å²) in [4.78, 5) is 38.7. The number of imide groups is 1. The van der Waals surface area contributed by atoms with Crippen molar-refractivity contribution < 1.29 is 19.1 Å². The second kappa shape index (κ2) is 8.34. The molecule has 1 saturated heterocycles. The number of rotatable bonds is 7. The van der Waals surface area contributed by atoms with Crippen LogP contribution in [0, 0.1) is 0 Å². The van der Waals surface area contributed by atoms with Gasteiger partial charge in [0.05, 0.1) is 7.11 Å². The standard InChI is InChI=1S/C22H25N3O4/c1-4-5-15-6-10-17(11-7-15)23-19(26)14-25-20(27)22(2,24-21(25)28)16-8-12-18(29-3)13-9-16/h6-13H,4-5,14H2,1-3H3,(H,23,26)(H,24,28). The van der Waals surface area contributed by atoms with Crippen molar-refractivity contribution in [1.82, 2.24) is 10.2 Å². The first-order valence-electron chi connectivity index (χ1n) is 9.55. The summed E-state index contributed by atoms with van der Waals surface area (Å²) < 4.78 is 5.13. The number of ether oxygens (including phenoxy) is 1. The molecular formula is C22H25N3O4. The first-order valence-corrected chi connectivity index (χ1v) is 9.55. The van der Waals surface area contributed by atoms with E-state index in [1.54, 1.807) is 38.3 Å². The first kappa shape index (κ1) is 20.4. The average Bonchev–Trinajstić information content (AvgIpc) is 2.93. The number of methoxy groups -OCH3 is 1. The minimum Gasteiger partial charge on any atom is -0.497 e. The summed E-state index contributed by atoms with van der Waals surface area (Å²) in [6, 6.07) is 13.8. The zero-order valence-corrected chi connectivity index (χ0v) is 16.8. The van der Waals surface area contributed by atoms with Gasteiger partial charge in [-0.2, -0.15) is 0 Å². The Hall–Kier alpha value is -3.35. The average molecular weight is 395 g/mol. The molecule has 0 bridgehead atoms. The Labute approximate surface area is 170 Å². The van der Waals surface area contributed by atoms with E-state index in [0.717, 1.165) is 17.7 Å². The quantitative estimate of drug-likeness (QED) is 0.706. The minimum absolute atomic E-state index is 0.354. The Balaban J connectivity index is 1.68. The lowest BCUT2D eigenvalue weighted by atomic mass is 9.92. The highest BCUT2D eigenvalue weighted by molar-refractivity contribution is 6.10. The molecule has 4 amide bonds. The molecule has 1 unspecified atom stereocenters. The van der Waals surface area contributed by atoms with Crippen molar-refractivity contribution >= 4 is 23.5 Å². The summed E-state index contributed by atoms with van der Waals surface area (Å²) >= 11 is 0. The number of nitrogens with zero attached hydrogens (tertiary/aromatic N) is 1. The molecule has 0 saturated carbocycles. The monoisotopic (exact) mass is 395 g/mol. The molecule has 29 heavy (non-hydrogen) atoms. The van der Waals surface area contributed by atoms with Gasteiger partial charge in [0.25, 0.3) is 5.91 Å². The van der Waals surface area contributed by atoms with E-state index in [4.69, 9.17) is 4.74 Å². The molecule has 0 spiro atoms. The highest BCUT2D eigenvalue weighted by Gasteiger charge is 2.49. The van der Waals surface area contributed by atoms with E-state index in [1.165, 1.54) is 5.56 Å². The van der Waals surface area contributed by atoms with E-state index in [2.05, 4.69) is 17.6 Å². The number of hydrogen-bond donors (Lipinski definition) is 2. The second-order valence-corrected chi connectivity index (χ2v) is 7.17. The van der Waals surface area contributed by atoms with Gasteiger partial charge in [-0.05, 0) is 48.7 Å². The smallest absolute Gasteiger partial charge is 0.325 e. The van der Waals surface area contributed by atoms with Crippen LogP contribution in [-0.2, 0) is 21.5 Å². The van der Waals surface area contributed by atoms with Crippen LogP contribution in [0.4, 0.5) is 10.5 Å². The Morgan fingerprint density at radius 1 is 1.10 bits per heavy atom. The Morgan fingerprint density at radius 3 is 2.34 bits per heavy atom. The maximum atomic E-state index is 12.9. The molecule has 0 aliphatic carbocycles. The number of nitrogens with one attached hydrogen (secondary N) is 2. The zero-order chi connectivity index (χ0) is 21.0. The van der Waals surface area contributed by atoms with Gasteiger partial charge in [-0.25, -0.2) is 4.79 Å². The minimum atomic E-state index is -1.23. The summed E-state index contributed by atoms with van der Waals surface area (Å²) in [5.74, 6) is -0.257. The van der Waals surface area contributed by atoms with E-state index in [1.807, 2.05) is 24.3 Å². The third-order valence-electron chi connectivity index (χ3n) is 5.02. The van der Waals surface area contributed by atoms with E-state index < -0.39 is 23.4 Å². The largest absolute Gasteiger partial charge is 0.497 e. The Bertz CT molecular complexity index is 909. The van der Waals surface area contributed by atoms with Crippen molar-refractivity contribution in [2.75, 3.05) is 19.0 Å². The third kappa shape index (κ3) is 4.23. The highest BCUT2D eigenvalue weighted by Crippen LogP contribution is 2.30. The molecule has 1 atom stereocenters. The van der Waals surface area contributed by atoms with Gasteiger partial charge in [0.2, 0.25) is 5.91 Å². The summed E-state index contributed by atoms with van der Waals surface area (Å²) in [7, 11) is 1.55. The molecule has 0 radical (unpaired) electrons. The normalized spacial score (nSPS) is 18.5. The molecule has 2 aromatic rings. The van der Waals surface area contributed by atoms with Crippen molar-refractivity contribution in [3.63, 3.8) is 0 Å². The molecular weight excluding hydrogens is 370 g/mol. The number of amides is 4. The van der Waals surface area contributed by atoms with Crippen LogP contribution >= 0.6 is 0 Å². The van der Waals surface area contributed by atoms with Gasteiger partial charge in [0.15, 0.2) is 0 Å². The lowest BCUT2D eigenvalue weighted by molar-refractivity contribution is -0.133.